The first-order valence-corrected chi connectivity index (χ1v) is 4.89. The van der Waals surface area contributed by atoms with Gasteiger partial charge in [-0.05, 0) is 26.7 Å². The molecule has 76 valence electrons. The van der Waals surface area contributed by atoms with E-state index in [9.17, 15) is 4.79 Å². The zero-order chi connectivity index (χ0) is 9.90. The summed E-state index contributed by atoms with van der Waals surface area (Å²) in [6, 6.07) is 0.571. The van der Waals surface area contributed by atoms with Crippen LogP contribution in [0.15, 0.2) is 0 Å². The molecule has 1 saturated heterocycles. The molecule has 0 aliphatic carbocycles. The van der Waals surface area contributed by atoms with Crippen molar-refractivity contribution in [1.29, 1.82) is 0 Å². The summed E-state index contributed by atoms with van der Waals surface area (Å²) in [6.07, 6.45) is 2.61. The number of likely N-dealkylation sites (tertiary alicyclic amines) is 1. The van der Waals surface area contributed by atoms with Gasteiger partial charge in [-0.15, -0.1) is 0 Å². The Bertz CT molecular complexity index is 172. The number of aldehydes is 1. The van der Waals surface area contributed by atoms with Crippen LogP contribution in [0.2, 0.25) is 0 Å². The molecular weight excluding hydrogens is 166 g/mol. The van der Waals surface area contributed by atoms with Gasteiger partial charge in [0.25, 0.3) is 0 Å². The molecule has 1 rings (SSSR count). The Kier molecular flexibility index (Phi) is 3.45. The van der Waals surface area contributed by atoms with Gasteiger partial charge in [0, 0.05) is 26.2 Å². The summed E-state index contributed by atoms with van der Waals surface area (Å²) >= 11 is 0. The summed E-state index contributed by atoms with van der Waals surface area (Å²) in [4.78, 5) is 13.2. The first-order chi connectivity index (χ1) is 6.13. The van der Waals surface area contributed by atoms with E-state index < -0.39 is 5.60 Å². The van der Waals surface area contributed by atoms with Gasteiger partial charge in [0.15, 0.2) is 6.29 Å². The number of rotatable bonds is 3. The Balaban J connectivity index is 2.50. The van der Waals surface area contributed by atoms with Gasteiger partial charge in [0.2, 0.25) is 0 Å². The number of hydrogen-bond donors (Lipinski definition) is 0. The minimum absolute atomic E-state index is 0.495. The standard InChI is InChI=1S/C10H19NO2/c1-9(2)11-6-4-10(8-12,13-3)5-7-11/h8-9H,4-7H2,1-3H3. The molecule has 1 heterocycles. The zero-order valence-electron chi connectivity index (χ0n) is 8.75. The van der Waals surface area contributed by atoms with Crippen LogP contribution in [-0.4, -0.2) is 43.0 Å². The summed E-state index contributed by atoms with van der Waals surface area (Å²) < 4.78 is 5.26. The molecular formula is C10H19NO2. The number of ether oxygens (including phenoxy) is 1. The summed E-state index contributed by atoms with van der Waals surface area (Å²) in [7, 11) is 1.62. The maximum absolute atomic E-state index is 10.8. The molecule has 3 nitrogen and oxygen atoms in total. The van der Waals surface area contributed by atoms with Gasteiger partial charge in [-0.2, -0.15) is 0 Å². The second-order valence-corrected chi connectivity index (χ2v) is 4.02. The van der Waals surface area contributed by atoms with Crippen molar-refractivity contribution in [1.82, 2.24) is 4.90 Å². The molecule has 1 aliphatic rings. The summed E-state index contributed by atoms with van der Waals surface area (Å²) in [6.45, 7) is 6.29. The summed E-state index contributed by atoms with van der Waals surface area (Å²) in [5.41, 5.74) is -0.495. The smallest absolute Gasteiger partial charge is 0.151 e. The van der Waals surface area contributed by atoms with Crippen molar-refractivity contribution < 1.29 is 9.53 Å². The number of piperidine rings is 1. The van der Waals surface area contributed by atoms with Crippen molar-refractivity contribution in [2.45, 2.75) is 38.3 Å². The van der Waals surface area contributed by atoms with E-state index in [4.69, 9.17) is 4.74 Å². The molecule has 0 aromatic rings. The third-order valence-electron chi connectivity index (χ3n) is 3.00. The van der Waals surface area contributed by atoms with Gasteiger partial charge in [-0.3, -0.25) is 0 Å². The topological polar surface area (TPSA) is 29.5 Å². The van der Waals surface area contributed by atoms with Crippen molar-refractivity contribution in [3.8, 4) is 0 Å². The molecule has 13 heavy (non-hydrogen) atoms. The lowest BCUT2D eigenvalue weighted by molar-refractivity contribution is -0.134. The Labute approximate surface area is 80.1 Å². The molecule has 0 aromatic carbocycles. The Hall–Kier alpha value is -0.410. The fourth-order valence-corrected chi connectivity index (χ4v) is 1.79. The second kappa shape index (κ2) is 4.20. The first-order valence-electron chi connectivity index (χ1n) is 4.89. The highest BCUT2D eigenvalue weighted by molar-refractivity contribution is 5.62. The van der Waals surface area contributed by atoms with Gasteiger partial charge < -0.3 is 14.4 Å². The Morgan fingerprint density at radius 1 is 1.38 bits per heavy atom. The van der Waals surface area contributed by atoms with E-state index in [0.29, 0.717) is 6.04 Å². The van der Waals surface area contributed by atoms with Crippen LogP contribution in [0.1, 0.15) is 26.7 Å². The Morgan fingerprint density at radius 2 is 1.92 bits per heavy atom. The van der Waals surface area contributed by atoms with Crippen molar-refractivity contribution in [2.24, 2.45) is 0 Å². The fraction of sp³-hybridized carbons (Fsp3) is 0.900. The van der Waals surface area contributed by atoms with Crippen LogP contribution < -0.4 is 0 Å². The normalized spacial score (nSPS) is 23.4. The minimum Gasteiger partial charge on any atom is -0.371 e. The molecule has 0 N–H and O–H groups in total. The lowest BCUT2D eigenvalue weighted by atomic mass is 9.92. The highest BCUT2D eigenvalue weighted by atomic mass is 16.5. The SMILES string of the molecule is COC1(C=O)CCN(C(C)C)CC1. The van der Waals surface area contributed by atoms with Gasteiger partial charge in [0.1, 0.15) is 5.60 Å². The number of nitrogens with zero attached hydrogens (tertiary/aromatic N) is 1. The highest BCUT2D eigenvalue weighted by Gasteiger charge is 2.34. The van der Waals surface area contributed by atoms with Crippen molar-refractivity contribution in [2.75, 3.05) is 20.2 Å². The minimum atomic E-state index is -0.495. The number of hydrogen-bond acceptors (Lipinski definition) is 3. The number of carbonyl (C=O) groups is 1. The highest BCUT2D eigenvalue weighted by Crippen LogP contribution is 2.24. The predicted molar refractivity (Wildman–Crippen MR) is 51.7 cm³/mol. The molecule has 0 atom stereocenters. The molecule has 1 fully saturated rings. The van der Waals surface area contributed by atoms with E-state index in [1.165, 1.54) is 0 Å². The van der Waals surface area contributed by atoms with E-state index in [1.54, 1.807) is 7.11 Å². The molecule has 0 amide bonds. The molecule has 0 aromatic heterocycles. The lowest BCUT2D eigenvalue weighted by Gasteiger charge is -2.39. The van der Waals surface area contributed by atoms with Crippen molar-refractivity contribution in [3.05, 3.63) is 0 Å². The van der Waals surface area contributed by atoms with Crippen LogP contribution in [0.5, 0.6) is 0 Å². The van der Waals surface area contributed by atoms with Gasteiger partial charge in [-0.25, -0.2) is 0 Å². The molecule has 0 bridgehead atoms. The molecule has 1 aliphatic heterocycles. The van der Waals surface area contributed by atoms with Crippen LogP contribution >= 0.6 is 0 Å². The lowest BCUT2D eigenvalue weighted by Crippen LogP contribution is -2.48. The van der Waals surface area contributed by atoms with Gasteiger partial charge in [0.05, 0.1) is 0 Å². The van der Waals surface area contributed by atoms with Crippen molar-refractivity contribution in [3.63, 3.8) is 0 Å². The van der Waals surface area contributed by atoms with E-state index in [2.05, 4.69) is 18.7 Å². The van der Waals surface area contributed by atoms with Gasteiger partial charge >= 0.3 is 0 Å². The first kappa shape index (κ1) is 10.7. The van der Waals surface area contributed by atoms with E-state index in [0.717, 1.165) is 32.2 Å². The maximum Gasteiger partial charge on any atom is 0.151 e. The zero-order valence-corrected chi connectivity index (χ0v) is 8.75. The molecule has 0 spiro atoms. The third kappa shape index (κ3) is 2.29. The van der Waals surface area contributed by atoms with Crippen LogP contribution in [0.25, 0.3) is 0 Å². The van der Waals surface area contributed by atoms with Crippen LogP contribution in [0.4, 0.5) is 0 Å². The number of methoxy groups -OCH3 is 1. The number of carbonyl (C=O) groups excluding carboxylic acids is 1. The van der Waals surface area contributed by atoms with E-state index in [1.807, 2.05) is 0 Å². The summed E-state index contributed by atoms with van der Waals surface area (Å²) in [5, 5.41) is 0. The second-order valence-electron chi connectivity index (χ2n) is 4.02. The summed E-state index contributed by atoms with van der Waals surface area (Å²) in [5.74, 6) is 0. The third-order valence-corrected chi connectivity index (χ3v) is 3.00. The Morgan fingerprint density at radius 3 is 2.23 bits per heavy atom. The molecule has 3 heteroatoms. The molecule has 0 radical (unpaired) electrons. The largest absolute Gasteiger partial charge is 0.371 e. The maximum atomic E-state index is 10.8. The molecule has 0 unspecified atom stereocenters. The average Bonchev–Trinajstić information content (AvgIpc) is 2.18. The van der Waals surface area contributed by atoms with E-state index in [-0.39, 0.29) is 0 Å². The van der Waals surface area contributed by atoms with Crippen LogP contribution in [0.3, 0.4) is 0 Å². The van der Waals surface area contributed by atoms with Crippen molar-refractivity contribution >= 4 is 6.29 Å². The monoisotopic (exact) mass is 185 g/mol. The van der Waals surface area contributed by atoms with E-state index >= 15 is 0 Å². The predicted octanol–water partition coefficient (Wildman–Crippen LogP) is 1.07. The van der Waals surface area contributed by atoms with Gasteiger partial charge in [-0.1, -0.05) is 0 Å². The average molecular weight is 185 g/mol. The van der Waals surface area contributed by atoms with Crippen LogP contribution in [0, 0.1) is 0 Å². The molecule has 0 saturated carbocycles. The van der Waals surface area contributed by atoms with Crippen LogP contribution in [-0.2, 0) is 9.53 Å². The quantitative estimate of drug-likeness (QED) is 0.616. The fourth-order valence-electron chi connectivity index (χ4n) is 1.79.